The fourth-order valence-electron chi connectivity index (χ4n) is 1.36. The second kappa shape index (κ2) is 8.31. The molecule has 0 aliphatic carbocycles. The molecule has 2 aromatic rings. The molecule has 20 heavy (non-hydrogen) atoms. The molecular formula is C15H14O5. The standard InChI is InChI=1S/C14H12O3.CH2O2/c1-11-7-5-6-10-13(11)16-17-14(15)12-8-3-2-4-9-12;2-1-3/h2-10H,1H3;1H,(H,2,3). The summed E-state index contributed by atoms with van der Waals surface area (Å²) in [7, 11) is 0. The number of rotatable bonds is 3. The minimum atomic E-state index is -0.506. The lowest BCUT2D eigenvalue weighted by atomic mass is 10.2. The molecule has 0 spiro atoms. The van der Waals surface area contributed by atoms with Gasteiger partial charge in [0.15, 0.2) is 5.75 Å². The van der Waals surface area contributed by atoms with Gasteiger partial charge in [-0.2, -0.15) is 0 Å². The molecule has 0 heterocycles. The Morgan fingerprint density at radius 1 is 1.05 bits per heavy atom. The van der Waals surface area contributed by atoms with Gasteiger partial charge in [0.25, 0.3) is 6.47 Å². The first-order valence-electron chi connectivity index (χ1n) is 5.76. The van der Waals surface area contributed by atoms with Crippen molar-refractivity contribution in [2.24, 2.45) is 0 Å². The van der Waals surface area contributed by atoms with Gasteiger partial charge in [0.2, 0.25) is 0 Å². The van der Waals surface area contributed by atoms with Crippen molar-refractivity contribution in [3.8, 4) is 5.75 Å². The van der Waals surface area contributed by atoms with Crippen molar-refractivity contribution < 1.29 is 24.5 Å². The zero-order chi connectivity index (χ0) is 14.8. The maximum atomic E-state index is 11.6. The second-order valence-electron chi connectivity index (χ2n) is 3.69. The number of carbonyl (C=O) groups is 2. The zero-order valence-electron chi connectivity index (χ0n) is 10.9. The number of carbonyl (C=O) groups excluding carboxylic acids is 1. The maximum absolute atomic E-state index is 11.6. The first-order chi connectivity index (χ1) is 9.69. The highest BCUT2D eigenvalue weighted by atomic mass is 17.2. The minimum absolute atomic E-state index is 0.250. The van der Waals surface area contributed by atoms with Gasteiger partial charge in [-0.05, 0) is 30.7 Å². The Balaban J connectivity index is 0.000000612. The van der Waals surface area contributed by atoms with Crippen LogP contribution in [0, 0.1) is 6.92 Å². The van der Waals surface area contributed by atoms with Crippen molar-refractivity contribution in [2.45, 2.75) is 6.92 Å². The third-order valence-electron chi connectivity index (χ3n) is 2.31. The quantitative estimate of drug-likeness (QED) is 0.529. The van der Waals surface area contributed by atoms with Crippen LogP contribution in [0.15, 0.2) is 54.6 Å². The Morgan fingerprint density at radius 3 is 2.20 bits per heavy atom. The summed E-state index contributed by atoms with van der Waals surface area (Å²) in [5.41, 5.74) is 1.37. The van der Waals surface area contributed by atoms with E-state index in [2.05, 4.69) is 0 Å². The molecule has 0 aromatic heterocycles. The minimum Gasteiger partial charge on any atom is -0.483 e. The summed E-state index contributed by atoms with van der Waals surface area (Å²) in [5, 5.41) is 6.89. The molecule has 0 saturated carbocycles. The molecule has 2 rings (SSSR count). The van der Waals surface area contributed by atoms with Crippen LogP contribution in [0.1, 0.15) is 15.9 Å². The third-order valence-corrected chi connectivity index (χ3v) is 2.31. The summed E-state index contributed by atoms with van der Waals surface area (Å²) in [6.45, 7) is 1.63. The van der Waals surface area contributed by atoms with Crippen LogP contribution >= 0.6 is 0 Å². The Bertz CT molecular complexity index is 551. The molecule has 104 valence electrons. The van der Waals surface area contributed by atoms with E-state index in [1.165, 1.54) is 0 Å². The maximum Gasteiger partial charge on any atom is 0.386 e. The van der Waals surface area contributed by atoms with Crippen LogP contribution in [0.3, 0.4) is 0 Å². The molecule has 0 aliphatic heterocycles. The smallest absolute Gasteiger partial charge is 0.386 e. The zero-order valence-corrected chi connectivity index (χ0v) is 10.9. The first-order valence-corrected chi connectivity index (χ1v) is 5.76. The van der Waals surface area contributed by atoms with Crippen LogP contribution < -0.4 is 4.89 Å². The first kappa shape index (κ1) is 15.2. The molecule has 0 saturated heterocycles. The van der Waals surface area contributed by atoms with Gasteiger partial charge in [-0.25, -0.2) is 9.68 Å². The van der Waals surface area contributed by atoms with Crippen molar-refractivity contribution in [1.29, 1.82) is 0 Å². The normalized spacial score (nSPS) is 8.85. The van der Waals surface area contributed by atoms with Crippen molar-refractivity contribution in [2.75, 3.05) is 0 Å². The van der Waals surface area contributed by atoms with Crippen molar-refractivity contribution in [3.63, 3.8) is 0 Å². The number of aryl methyl sites for hydroxylation is 1. The number of para-hydroxylation sites is 1. The van der Waals surface area contributed by atoms with E-state index in [1.54, 1.807) is 30.3 Å². The Kier molecular flexibility index (Phi) is 6.33. The van der Waals surface area contributed by atoms with E-state index >= 15 is 0 Å². The van der Waals surface area contributed by atoms with Gasteiger partial charge in [0.1, 0.15) is 0 Å². The summed E-state index contributed by atoms with van der Waals surface area (Å²) in [4.78, 5) is 29.7. The van der Waals surface area contributed by atoms with E-state index in [9.17, 15) is 4.79 Å². The molecule has 5 nitrogen and oxygen atoms in total. The number of hydrogen-bond donors (Lipinski definition) is 1. The van der Waals surface area contributed by atoms with E-state index < -0.39 is 5.97 Å². The average Bonchev–Trinajstić information content (AvgIpc) is 2.48. The lowest BCUT2D eigenvalue weighted by Crippen LogP contribution is -2.08. The molecular weight excluding hydrogens is 260 g/mol. The summed E-state index contributed by atoms with van der Waals surface area (Å²) in [6.07, 6.45) is 0. The van der Waals surface area contributed by atoms with Crippen LogP contribution in [0.2, 0.25) is 0 Å². The van der Waals surface area contributed by atoms with Gasteiger partial charge >= 0.3 is 5.97 Å². The highest BCUT2D eigenvalue weighted by molar-refractivity contribution is 5.88. The van der Waals surface area contributed by atoms with Gasteiger partial charge in [0.05, 0.1) is 5.56 Å². The lowest BCUT2D eigenvalue weighted by molar-refractivity contribution is -0.150. The average molecular weight is 274 g/mol. The molecule has 0 unspecified atom stereocenters. The third kappa shape index (κ3) is 4.81. The Labute approximate surface area is 116 Å². The predicted molar refractivity (Wildman–Crippen MR) is 72.4 cm³/mol. The molecule has 1 N–H and O–H groups in total. The molecule has 0 aliphatic rings. The van der Waals surface area contributed by atoms with Gasteiger partial charge in [-0.3, -0.25) is 9.68 Å². The fourth-order valence-corrected chi connectivity index (χ4v) is 1.36. The molecule has 5 heteroatoms. The number of benzene rings is 2. The molecule has 0 amide bonds. The molecule has 0 fully saturated rings. The highest BCUT2D eigenvalue weighted by Crippen LogP contribution is 2.16. The molecule has 0 radical (unpaired) electrons. The Hall–Kier alpha value is -2.82. The summed E-state index contributed by atoms with van der Waals surface area (Å²) < 4.78 is 0. The van der Waals surface area contributed by atoms with Crippen molar-refractivity contribution in [3.05, 3.63) is 65.7 Å². The second-order valence-corrected chi connectivity index (χ2v) is 3.69. The van der Waals surface area contributed by atoms with E-state index in [-0.39, 0.29) is 6.47 Å². The van der Waals surface area contributed by atoms with E-state index in [4.69, 9.17) is 19.7 Å². The van der Waals surface area contributed by atoms with Crippen LogP contribution in [-0.2, 0) is 9.68 Å². The Morgan fingerprint density at radius 2 is 1.60 bits per heavy atom. The predicted octanol–water partition coefficient (Wildman–Crippen LogP) is 2.85. The summed E-state index contributed by atoms with van der Waals surface area (Å²) >= 11 is 0. The van der Waals surface area contributed by atoms with Crippen LogP contribution in [0.4, 0.5) is 0 Å². The molecule has 0 atom stereocenters. The molecule has 2 aromatic carbocycles. The number of hydrogen-bond acceptors (Lipinski definition) is 4. The molecule has 0 bridgehead atoms. The summed E-state index contributed by atoms with van der Waals surface area (Å²) in [5.74, 6) is 0.0330. The van der Waals surface area contributed by atoms with Crippen LogP contribution in [0.5, 0.6) is 5.75 Å². The lowest BCUT2D eigenvalue weighted by Gasteiger charge is -2.06. The van der Waals surface area contributed by atoms with E-state index in [0.717, 1.165) is 5.56 Å². The monoisotopic (exact) mass is 274 g/mol. The SMILES string of the molecule is Cc1ccccc1OOC(=O)c1ccccc1.O=CO. The largest absolute Gasteiger partial charge is 0.483 e. The fraction of sp³-hybridized carbons (Fsp3) is 0.0667. The van der Waals surface area contributed by atoms with Gasteiger partial charge in [0, 0.05) is 0 Å². The van der Waals surface area contributed by atoms with Crippen molar-refractivity contribution >= 4 is 12.4 Å². The van der Waals surface area contributed by atoms with Gasteiger partial charge in [-0.15, -0.1) is 0 Å². The van der Waals surface area contributed by atoms with Gasteiger partial charge < -0.3 is 5.11 Å². The number of carboxylic acid groups (broad SMARTS) is 1. The van der Waals surface area contributed by atoms with E-state index in [1.807, 2.05) is 31.2 Å². The van der Waals surface area contributed by atoms with Crippen LogP contribution in [-0.4, -0.2) is 17.5 Å². The van der Waals surface area contributed by atoms with E-state index in [0.29, 0.717) is 11.3 Å². The topological polar surface area (TPSA) is 72.8 Å². The van der Waals surface area contributed by atoms with Gasteiger partial charge in [-0.1, -0.05) is 36.4 Å². The summed E-state index contributed by atoms with van der Waals surface area (Å²) in [6, 6.07) is 16.0. The van der Waals surface area contributed by atoms with Crippen LogP contribution in [0.25, 0.3) is 0 Å². The highest BCUT2D eigenvalue weighted by Gasteiger charge is 2.08. The van der Waals surface area contributed by atoms with Crippen molar-refractivity contribution in [1.82, 2.24) is 0 Å².